The molecule has 2 N–H and O–H groups in total. The molecule has 1 unspecified atom stereocenters. The standard InChI is InChI=1S/C11H13BrCl2N2O/c1-3-15-11(17)6(2)16-10-8(13)4-7(12)5-9(10)14/h4-6,16H,3H2,1-2H3,(H,15,17). The van der Waals surface area contributed by atoms with E-state index in [-0.39, 0.29) is 5.91 Å². The zero-order valence-corrected chi connectivity index (χ0v) is 12.6. The molecule has 17 heavy (non-hydrogen) atoms. The van der Waals surface area contributed by atoms with Gasteiger partial charge in [0.2, 0.25) is 5.91 Å². The SMILES string of the molecule is CCNC(=O)C(C)Nc1c(Cl)cc(Br)cc1Cl. The van der Waals surface area contributed by atoms with Gasteiger partial charge in [0, 0.05) is 11.0 Å². The van der Waals surface area contributed by atoms with Crippen molar-refractivity contribution in [3.05, 3.63) is 26.7 Å². The molecule has 0 aliphatic carbocycles. The molecule has 0 spiro atoms. The minimum Gasteiger partial charge on any atom is -0.371 e. The van der Waals surface area contributed by atoms with E-state index in [2.05, 4.69) is 26.6 Å². The summed E-state index contributed by atoms with van der Waals surface area (Å²) in [4.78, 5) is 11.6. The van der Waals surface area contributed by atoms with Gasteiger partial charge >= 0.3 is 0 Å². The summed E-state index contributed by atoms with van der Waals surface area (Å²) in [6, 6.07) is 3.05. The Morgan fingerprint density at radius 2 is 1.94 bits per heavy atom. The Balaban J connectivity index is 2.85. The first kappa shape index (κ1) is 14.6. The van der Waals surface area contributed by atoms with E-state index < -0.39 is 6.04 Å². The topological polar surface area (TPSA) is 41.1 Å². The Kier molecular flexibility index (Phi) is 5.56. The number of nitrogens with one attached hydrogen (secondary N) is 2. The fourth-order valence-corrected chi connectivity index (χ4v) is 2.61. The molecule has 94 valence electrons. The van der Waals surface area contributed by atoms with E-state index in [1.807, 2.05) is 6.92 Å². The molecule has 0 heterocycles. The lowest BCUT2D eigenvalue weighted by Crippen LogP contribution is -2.37. The molecule has 0 radical (unpaired) electrons. The fourth-order valence-electron chi connectivity index (χ4n) is 1.29. The Bertz CT molecular complexity index is 403. The van der Waals surface area contributed by atoms with Gasteiger partial charge in [-0.3, -0.25) is 4.79 Å². The Morgan fingerprint density at radius 3 is 2.41 bits per heavy atom. The lowest BCUT2D eigenvalue weighted by atomic mass is 10.2. The summed E-state index contributed by atoms with van der Waals surface area (Å²) in [6.07, 6.45) is 0. The summed E-state index contributed by atoms with van der Waals surface area (Å²) in [7, 11) is 0. The van der Waals surface area contributed by atoms with Gasteiger partial charge in [0.25, 0.3) is 0 Å². The summed E-state index contributed by atoms with van der Waals surface area (Å²) in [5.74, 6) is -0.0949. The van der Waals surface area contributed by atoms with Gasteiger partial charge in [0.1, 0.15) is 6.04 Å². The minimum absolute atomic E-state index is 0.0949. The molecule has 1 aromatic rings. The molecule has 1 aromatic carbocycles. The molecule has 1 amide bonds. The number of rotatable bonds is 4. The molecule has 0 bridgehead atoms. The van der Waals surface area contributed by atoms with Crippen LogP contribution in [0.2, 0.25) is 10.0 Å². The molecule has 0 saturated carbocycles. The second-order valence-electron chi connectivity index (χ2n) is 3.51. The van der Waals surface area contributed by atoms with Crippen molar-refractivity contribution in [2.75, 3.05) is 11.9 Å². The van der Waals surface area contributed by atoms with Crippen molar-refractivity contribution in [1.82, 2.24) is 5.32 Å². The molecule has 1 rings (SSSR count). The van der Waals surface area contributed by atoms with Crippen LogP contribution in [0, 0.1) is 0 Å². The van der Waals surface area contributed by atoms with Gasteiger partial charge in [-0.2, -0.15) is 0 Å². The predicted octanol–water partition coefficient (Wildman–Crippen LogP) is 3.69. The number of likely N-dealkylation sites (N-methyl/N-ethyl adjacent to an activating group) is 1. The number of amides is 1. The number of anilines is 1. The van der Waals surface area contributed by atoms with Crippen molar-refractivity contribution >= 4 is 50.7 Å². The number of hydrogen-bond acceptors (Lipinski definition) is 2. The lowest BCUT2D eigenvalue weighted by molar-refractivity contribution is -0.121. The predicted molar refractivity (Wildman–Crippen MR) is 75.9 cm³/mol. The van der Waals surface area contributed by atoms with Gasteiger partial charge in [-0.15, -0.1) is 0 Å². The third kappa shape index (κ3) is 4.05. The van der Waals surface area contributed by atoms with Crippen LogP contribution in [0.3, 0.4) is 0 Å². The molecular weight excluding hydrogens is 327 g/mol. The number of benzene rings is 1. The maximum atomic E-state index is 11.6. The van der Waals surface area contributed by atoms with Crippen LogP contribution >= 0.6 is 39.1 Å². The molecule has 3 nitrogen and oxygen atoms in total. The average molecular weight is 340 g/mol. The Hall–Kier alpha value is -0.450. The first-order chi connectivity index (χ1) is 7.95. The van der Waals surface area contributed by atoms with Crippen molar-refractivity contribution in [2.45, 2.75) is 19.9 Å². The quantitative estimate of drug-likeness (QED) is 0.878. The fraction of sp³-hybridized carbons (Fsp3) is 0.364. The average Bonchev–Trinajstić information content (AvgIpc) is 2.23. The van der Waals surface area contributed by atoms with Gasteiger partial charge in [0.15, 0.2) is 0 Å². The van der Waals surface area contributed by atoms with Gasteiger partial charge in [-0.05, 0) is 26.0 Å². The van der Waals surface area contributed by atoms with E-state index in [9.17, 15) is 4.79 Å². The molecular formula is C11H13BrCl2N2O. The highest BCUT2D eigenvalue weighted by atomic mass is 79.9. The van der Waals surface area contributed by atoms with Gasteiger partial charge in [-0.1, -0.05) is 39.1 Å². The van der Waals surface area contributed by atoms with Crippen LogP contribution in [0.4, 0.5) is 5.69 Å². The summed E-state index contributed by atoms with van der Waals surface area (Å²) in [5, 5.41) is 6.66. The highest BCUT2D eigenvalue weighted by Gasteiger charge is 2.15. The van der Waals surface area contributed by atoms with E-state index in [0.29, 0.717) is 22.3 Å². The summed E-state index contributed by atoms with van der Waals surface area (Å²) >= 11 is 15.4. The first-order valence-electron chi connectivity index (χ1n) is 5.14. The van der Waals surface area contributed by atoms with Crippen LogP contribution in [0.5, 0.6) is 0 Å². The van der Waals surface area contributed by atoms with Crippen LogP contribution in [0.15, 0.2) is 16.6 Å². The van der Waals surface area contributed by atoms with Crippen molar-refractivity contribution in [1.29, 1.82) is 0 Å². The third-order valence-corrected chi connectivity index (χ3v) is 3.17. The van der Waals surface area contributed by atoms with Gasteiger partial charge in [-0.25, -0.2) is 0 Å². The number of carbonyl (C=O) groups excluding carboxylic acids is 1. The largest absolute Gasteiger partial charge is 0.371 e. The van der Waals surface area contributed by atoms with Crippen LogP contribution in [0.1, 0.15) is 13.8 Å². The molecule has 0 aromatic heterocycles. The van der Waals surface area contributed by atoms with Crippen LogP contribution in [-0.4, -0.2) is 18.5 Å². The molecule has 0 aliphatic heterocycles. The lowest BCUT2D eigenvalue weighted by Gasteiger charge is -2.17. The monoisotopic (exact) mass is 338 g/mol. The molecule has 0 saturated heterocycles. The van der Waals surface area contributed by atoms with Gasteiger partial charge in [0.05, 0.1) is 15.7 Å². The van der Waals surface area contributed by atoms with Crippen LogP contribution < -0.4 is 10.6 Å². The summed E-state index contributed by atoms with van der Waals surface area (Å²) < 4.78 is 0.795. The zero-order valence-electron chi connectivity index (χ0n) is 9.48. The van der Waals surface area contributed by atoms with Crippen LogP contribution in [0.25, 0.3) is 0 Å². The van der Waals surface area contributed by atoms with Crippen molar-refractivity contribution in [2.24, 2.45) is 0 Å². The van der Waals surface area contributed by atoms with E-state index >= 15 is 0 Å². The summed E-state index contributed by atoms with van der Waals surface area (Å²) in [5.41, 5.74) is 0.565. The second-order valence-corrected chi connectivity index (χ2v) is 5.24. The second kappa shape index (κ2) is 6.47. The van der Waals surface area contributed by atoms with E-state index in [1.165, 1.54) is 0 Å². The minimum atomic E-state index is -0.397. The maximum absolute atomic E-state index is 11.6. The molecule has 0 aliphatic rings. The summed E-state index contributed by atoms with van der Waals surface area (Å²) in [6.45, 7) is 4.20. The van der Waals surface area contributed by atoms with Crippen molar-refractivity contribution in [3.8, 4) is 0 Å². The maximum Gasteiger partial charge on any atom is 0.242 e. The van der Waals surface area contributed by atoms with E-state index in [0.717, 1.165) is 4.47 Å². The third-order valence-electron chi connectivity index (χ3n) is 2.11. The smallest absolute Gasteiger partial charge is 0.242 e. The van der Waals surface area contributed by atoms with Crippen molar-refractivity contribution in [3.63, 3.8) is 0 Å². The first-order valence-corrected chi connectivity index (χ1v) is 6.69. The molecule has 1 atom stereocenters. The van der Waals surface area contributed by atoms with Crippen molar-refractivity contribution < 1.29 is 4.79 Å². The number of halogens is 3. The van der Waals surface area contributed by atoms with Crippen LogP contribution in [-0.2, 0) is 4.79 Å². The highest BCUT2D eigenvalue weighted by Crippen LogP contribution is 2.34. The van der Waals surface area contributed by atoms with E-state index in [4.69, 9.17) is 23.2 Å². The molecule has 0 fully saturated rings. The molecule has 6 heteroatoms. The number of hydrogen-bond donors (Lipinski definition) is 2. The zero-order chi connectivity index (χ0) is 13.0. The van der Waals surface area contributed by atoms with Gasteiger partial charge < -0.3 is 10.6 Å². The number of carbonyl (C=O) groups is 1. The normalized spacial score (nSPS) is 12.1. The van der Waals surface area contributed by atoms with E-state index in [1.54, 1.807) is 19.1 Å². The Morgan fingerprint density at radius 1 is 1.41 bits per heavy atom. The Labute approximate surface area is 119 Å². The highest BCUT2D eigenvalue weighted by molar-refractivity contribution is 9.10.